The summed E-state index contributed by atoms with van der Waals surface area (Å²) in [5.41, 5.74) is -0.0776. The fourth-order valence-corrected chi connectivity index (χ4v) is 3.19. The minimum atomic E-state index is -3.86. The predicted octanol–water partition coefficient (Wildman–Crippen LogP) is 1.26. The highest BCUT2D eigenvalue weighted by atomic mass is 127. The van der Waals surface area contributed by atoms with Gasteiger partial charge in [0.2, 0.25) is 15.8 Å². The van der Waals surface area contributed by atoms with Crippen LogP contribution in [0, 0.1) is 3.57 Å². The van der Waals surface area contributed by atoms with Gasteiger partial charge in [0, 0.05) is 9.13 Å². The third kappa shape index (κ3) is 3.48. The molecule has 0 bridgehead atoms. The fraction of sp³-hybridized carbons (Fsp3) is 0. The van der Waals surface area contributed by atoms with Gasteiger partial charge in [-0.2, -0.15) is 0 Å². The molecule has 2 rings (SSSR count). The van der Waals surface area contributed by atoms with Gasteiger partial charge in [0.15, 0.2) is 0 Å². The van der Waals surface area contributed by atoms with Crippen molar-refractivity contribution in [2.45, 2.75) is 4.90 Å². The van der Waals surface area contributed by atoms with Crippen molar-refractivity contribution in [3.05, 3.63) is 56.9 Å². The zero-order valence-corrected chi connectivity index (χ0v) is 13.8. The Labute approximate surface area is 139 Å². The molecule has 0 aliphatic rings. The molecule has 0 radical (unpaired) electrons. The number of carboxylic acid groups (broad SMARTS) is 1. The summed E-state index contributed by atoms with van der Waals surface area (Å²) in [7, 11) is -3.86. The third-order valence-electron chi connectivity index (χ3n) is 2.71. The highest BCUT2D eigenvalue weighted by molar-refractivity contribution is 14.1. The number of carbonyl (C=O) groups is 2. The Hall–Kier alpha value is -1.85. The highest BCUT2D eigenvalue weighted by Crippen LogP contribution is 2.20. The summed E-state index contributed by atoms with van der Waals surface area (Å²) in [6.45, 7) is 0. The van der Waals surface area contributed by atoms with Gasteiger partial charge < -0.3 is 5.11 Å². The van der Waals surface area contributed by atoms with Crippen LogP contribution in [-0.2, 0) is 10.0 Å². The summed E-state index contributed by atoms with van der Waals surface area (Å²) in [6, 6.07) is 7.87. The first-order valence-corrected chi connectivity index (χ1v) is 8.40. The molecular weight excluding hydrogens is 423 g/mol. The molecule has 0 aliphatic carbocycles. The minimum Gasteiger partial charge on any atom is -0.477 e. The third-order valence-corrected chi connectivity index (χ3v) is 4.52. The Morgan fingerprint density at radius 2 is 1.77 bits per heavy atom. The van der Waals surface area contributed by atoms with Gasteiger partial charge in [0.05, 0.1) is 4.90 Å². The lowest BCUT2D eigenvalue weighted by atomic mass is 10.1. The van der Waals surface area contributed by atoms with Gasteiger partial charge in [-0.25, -0.2) is 23.3 Å². The van der Waals surface area contributed by atoms with Gasteiger partial charge in [-0.05, 0) is 52.9 Å². The molecule has 0 spiro atoms. The van der Waals surface area contributed by atoms with E-state index in [2.05, 4.69) is 4.98 Å². The molecule has 22 heavy (non-hydrogen) atoms. The number of benzene rings is 1. The summed E-state index contributed by atoms with van der Waals surface area (Å²) in [6.07, 6.45) is 0. The van der Waals surface area contributed by atoms with Crippen molar-refractivity contribution in [1.82, 2.24) is 4.98 Å². The molecule has 9 heteroatoms. The van der Waals surface area contributed by atoms with Crippen molar-refractivity contribution in [1.29, 1.82) is 0 Å². The molecule has 0 saturated carbocycles. The number of pyridine rings is 1. The van der Waals surface area contributed by atoms with Gasteiger partial charge in [-0.15, -0.1) is 0 Å². The zero-order valence-electron chi connectivity index (χ0n) is 10.9. The van der Waals surface area contributed by atoms with Crippen LogP contribution in [0.5, 0.6) is 0 Å². The van der Waals surface area contributed by atoms with Crippen molar-refractivity contribution in [2.75, 3.05) is 0 Å². The maximum absolute atomic E-state index is 12.4. The molecule has 3 N–H and O–H groups in total. The lowest BCUT2D eigenvalue weighted by molar-refractivity contribution is 0.0690. The van der Waals surface area contributed by atoms with E-state index in [1.54, 1.807) is 22.6 Å². The molecule has 1 aromatic heterocycles. The number of carbonyl (C=O) groups excluding carboxylic acids is 1. The summed E-state index contributed by atoms with van der Waals surface area (Å²) in [4.78, 5) is 26.9. The normalized spacial score (nSPS) is 11.2. The quantitative estimate of drug-likeness (QED) is 0.553. The summed E-state index contributed by atoms with van der Waals surface area (Å²) in [5, 5.41) is 13.9. The average Bonchev–Trinajstić information content (AvgIpc) is 2.45. The van der Waals surface area contributed by atoms with Crippen molar-refractivity contribution in [3.63, 3.8) is 0 Å². The predicted molar refractivity (Wildman–Crippen MR) is 85.2 cm³/mol. The Morgan fingerprint density at radius 1 is 1.14 bits per heavy atom. The second-order valence-corrected chi connectivity index (χ2v) is 6.95. The number of aromatic nitrogens is 1. The number of carboxylic acids is 1. The van der Waals surface area contributed by atoms with Crippen LogP contribution in [0.4, 0.5) is 0 Å². The van der Waals surface area contributed by atoms with Gasteiger partial charge >= 0.3 is 5.97 Å². The van der Waals surface area contributed by atoms with E-state index < -0.39 is 21.8 Å². The monoisotopic (exact) mass is 432 g/mol. The molecule has 0 fully saturated rings. The second kappa shape index (κ2) is 6.10. The SMILES string of the molecule is NS(=O)(=O)c1ccc(C(=O)c2cccc(C(=O)O)n2)c(I)c1. The van der Waals surface area contributed by atoms with E-state index in [-0.39, 0.29) is 21.8 Å². The molecule has 0 unspecified atom stereocenters. The van der Waals surface area contributed by atoms with Crippen molar-refractivity contribution >= 4 is 44.4 Å². The average molecular weight is 432 g/mol. The maximum atomic E-state index is 12.4. The summed E-state index contributed by atoms with van der Waals surface area (Å²) in [5.74, 6) is -1.75. The van der Waals surface area contributed by atoms with Crippen LogP contribution in [0.1, 0.15) is 26.5 Å². The number of sulfonamides is 1. The van der Waals surface area contributed by atoms with Crippen molar-refractivity contribution < 1.29 is 23.1 Å². The van der Waals surface area contributed by atoms with E-state index in [9.17, 15) is 18.0 Å². The second-order valence-electron chi connectivity index (χ2n) is 4.23. The summed E-state index contributed by atoms with van der Waals surface area (Å²) < 4.78 is 22.9. The summed E-state index contributed by atoms with van der Waals surface area (Å²) >= 11 is 1.81. The first-order valence-electron chi connectivity index (χ1n) is 5.77. The number of aromatic carboxylic acids is 1. The van der Waals surface area contributed by atoms with Gasteiger partial charge in [-0.3, -0.25) is 4.79 Å². The molecule has 0 atom stereocenters. The molecule has 1 aromatic carbocycles. The van der Waals surface area contributed by atoms with E-state index in [4.69, 9.17) is 10.2 Å². The lowest BCUT2D eigenvalue weighted by Gasteiger charge is -2.06. The van der Waals surface area contributed by atoms with Crippen LogP contribution in [0.15, 0.2) is 41.3 Å². The molecule has 7 nitrogen and oxygen atoms in total. The van der Waals surface area contributed by atoms with Crippen LogP contribution >= 0.6 is 22.6 Å². The molecular formula is C13H9IN2O5S. The molecule has 0 aliphatic heterocycles. The largest absolute Gasteiger partial charge is 0.477 e. The highest BCUT2D eigenvalue weighted by Gasteiger charge is 2.18. The number of ketones is 1. The van der Waals surface area contributed by atoms with Gasteiger partial charge in [0.1, 0.15) is 11.4 Å². The fourth-order valence-electron chi connectivity index (χ4n) is 1.68. The number of rotatable bonds is 4. The molecule has 0 amide bonds. The van der Waals surface area contributed by atoms with Crippen molar-refractivity contribution in [2.24, 2.45) is 5.14 Å². The first-order chi connectivity index (χ1) is 10.2. The number of nitrogens with two attached hydrogens (primary N) is 1. The zero-order chi connectivity index (χ0) is 16.5. The number of nitrogens with zero attached hydrogens (tertiary/aromatic N) is 1. The van der Waals surface area contributed by atoms with E-state index in [0.29, 0.717) is 3.57 Å². The van der Waals surface area contributed by atoms with E-state index in [1.807, 2.05) is 0 Å². The smallest absolute Gasteiger partial charge is 0.354 e. The van der Waals surface area contributed by atoms with Crippen LogP contribution < -0.4 is 5.14 Å². The molecule has 0 saturated heterocycles. The topological polar surface area (TPSA) is 127 Å². The first kappa shape index (κ1) is 16.5. The van der Waals surface area contributed by atoms with E-state index in [1.165, 1.54) is 36.4 Å². The van der Waals surface area contributed by atoms with Crippen LogP contribution in [0.2, 0.25) is 0 Å². The standard InChI is InChI=1S/C13H9IN2O5S/c14-9-6-7(22(15,20)21)4-5-8(9)12(17)10-2-1-3-11(16-10)13(18)19/h1-6H,(H,18,19)(H2,15,20,21). The Kier molecular flexibility index (Phi) is 4.58. The number of primary sulfonamides is 1. The van der Waals surface area contributed by atoms with Crippen molar-refractivity contribution in [3.8, 4) is 0 Å². The maximum Gasteiger partial charge on any atom is 0.354 e. The van der Waals surface area contributed by atoms with E-state index in [0.717, 1.165) is 0 Å². The van der Waals surface area contributed by atoms with Crippen LogP contribution in [0.3, 0.4) is 0 Å². The molecule has 2 aromatic rings. The Morgan fingerprint density at radius 3 is 2.32 bits per heavy atom. The van der Waals surface area contributed by atoms with Gasteiger partial charge in [-0.1, -0.05) is 6.07 Å². The molecule has 1 heterocycles. The van der Waals surface area contributed by atoms with Gasteiger partial charge in [0.25, 0.3) is 0 Å². The number of hydrogen-bond acceptors (Lipinski definition) is 5. The van der Waals surface area contributed by atoms with E-state index >= 15 is 0 Å². The van der Waals surface area contributed by atoms with Crippen LogP contribution in [0.25, 0.3) is 0 Å². The van der Waals surface area contributed by atoms with Crippen LogP contribution in [-0.4, -0.2) is 30.3 Å². The lowest BCUT2D eigenvalue weighted by Crippen LogP contribution is -2.14. The number of hydrogen-bond donors (Lipinski definition) is 2. The molecule has 114 valence electrons. The minimum absolute atomic E-state index is 0.0406. The Bertz CT molecular complexity index is 880. The Balaban J connectivity index is 2.46. The number of halogens is 1.